The summed E-state index contributed by atoms with van der Waals surface area (Å²) >= 11 is 0. The fraction of sp³-hybridized carbons (Fsp3) is 1.00. The molecule has 2 rings (SSSR count). The van der Waals surface area contributed by atoms with Crippen LogP contribution in [0.1, 0.15) is 32.6 Å². The van der Waals surface area contributed by atoms with Crippen molar-refractivity contribution in [2.45, 2.75) is 44.8 Å². The van der Waals surface area contributed by atoms with Gasteiger partial charge in [0.05, 0.1) is 6.10 Å². The minimum atomic E-state index is 0.480. The molecule has 1 N–H and O–H groups in total. The summed E-state index contributed by atoms with van der Waals surface area (Å²) in [6.07, 6.45) is 5.63. The molecule has 0 radical (unpaired) electrons. The van der Waals surface area contributed by atoms with Gasteiger partial charge < -0.3 is 10.1 Å². The minimum Gasteiger partial charge on any atom is -0.377 e. The molecule has 3 unspecified atom stereocenters. The molecule has 2 saturated heterocycles. The Kier molecular flexibility index (Phi) is 4.62. The molecular formula is C13H26N2O. The largest absolute Gasteiger partial charge is 0.377 e. The summed E-state index contributed by atoms with van der Waals surface area (Å²) in [7, 11) is 2.26. The second-order valence-corrected chi connectivity index (χ2v) is 5.47. The van der Waals surface area contributed by atoms with E-state index in [-0.39, 0.29) is 0 Å². The minimum absolute atomic E-state index is 0.480. The smallest absolute Gasteiger partial charge is 0.0702 e. The third-order valence-corrected chi connectivity index (χ3v) is 4.12. The zero-order valence-electron chi connectivity index (χ0n) is 10.7. The molecule has 0 aromatic carbocycles. The van der Waals surface area contributed by atoms with Gasteiger partial charge in [0.1, 0.15) is 0 Å². The lowest BCUT2D eigenvalue weighted by molar-refractivity contribution is -0.0142. The molecule has 2 aliphatic heterocycles. The first-order valence-electron chi connectivity index (χ1n) is 6.80. The summed E-state index contributed by atoms with van der Waals surface area (Å²) in [5.74, 6) is 0.815. The monoisotopic (exact) mass is 226 g/mol. The Morgan fingerprint density at radius 2 is 2.19 bits per heavy atom. The van der Waals surface area contributed by atoms with E-state index < -0.39 is 0 Å². The predicted octanol–water partition coefficient (Wildman–Crippen LogP) is 1.49. The molecule has 0 spiro atoms. The zero-order valence-corrected chi connectivity index (χ0v) is 10.7. The van der Waals surface area contributed by atoms with Gasteiger partial charge in [0.15, 0.2) is 0 Å². The molecule has 0 aliphatic carbocycles. The highest BCUT2D eigenvalue weighted by atomic mass is 16.5. The van der Waals surface area contributed by atoms with Crippen LogP contribution in [0.4, 0.5) is 0 Å². The first-order valence-corrected chi connectivity index (χ1v) is 6.80. The lowest BCUT2D eigenvalue weighted by Crippen LogP contribution is -2.51. The van der Waals surface area contributed by atoms with E-state index >= 15 is 0 Å². The molecule has 3 nitrogen and oxygen atoms in total. The Bertz CT molecular complexity index is 204. The third-order valence-electron chi connectivity index (χ3n) is 4.12. The van der Waals surface area contributed by atoms with Gasteiger partial charge in [-0.2, -0.15) is 0 Å². The van der Waals surface area contributed by atoms with Crippen LogP contribution in [-0.4, -0.2) is 50.3 Å². The summed E-state index contributed by atoms with van der Waals surface area (Å²) in [6, 6.07) is 0.694. The van der Waals surface area contributed by atoms with Crippen LogP contribution in [0.3, 0.4) is 0 Å². The van der Waals surface area contributed by atoms with Crippen molar-refractivity contribution in [2.24, 2.45) is 5.92 Å². The highest BCUT2D eigenvalue weighted by molar-refractivity contribution is 4.83. The van der Waals surface area contributed by atoms with Crippen molar-refractivity contribution in [3.05, 3.63) is 0 Å². The number of hydrogen-bond donors (Lipinski definition) is 1. The van der Waals surface area contributed by atoms with Gasteiger partial charge in [-0.25, -0.2) is 0 Å². The zero-order chi connectivity index (χ0) is 11.4. The lowest BCUT2D eigenvalue weighted by Gasteiger charge is -2.38. The van der Waals surface area contributed by atoms with E-state index in [0.717, 1.165) is 25.6 Å². The number of nitrogens with zero attached hydrogens (tertiary/aromatic N) is 1. The SMILES string of the molecule is CC1CCNCC1N(C)CC1CCCCO1. The fourth-order valence-electron chi connectivity index (χ4n) is 2.97. The molecule has 94 valence electrons. The number of likely N-dealkylation sites (N-methyl/N-ethyl adjacent to an activating group) is 1. The van der Waals surface area contributed by atoms with E-state index in [9.17, 15) is 0 Å². The van der Waals surface area contributed by atoms with Crippen LogP contribution in [-0.2, 0) is 4.74 Å². The average molecular weight is 226 g/mol. The average Bonchev–Trinajstić information content (AvgIpc) is 2.31. The highest BCUT2D eigenvalue weighted by Crippen LogP contribution is 2.19. The van der Waals surface area contributed by atoms with Gasteiger partial charge in [0.25, 0.3) is 0 Å². The highest BCUT2D eigenvalue weighted by Gasteiger charge is 2.26. The van der Waals surface area contributed by atoms with Crippen molar-refractivity contribution >= 4 is 0 Å². The number of hydrogen-bond acceptors (Lipinski definition) is 3. The van der Waals surface area contributed by atoms with E-state index in [0.29, 0.717) is 12.1 Å². The van der Waals surface area contributed by atoms with Crippen LogP contribution in [0.25, 0.3) is 0 Å². The van der Waals surface area contributed by atoms with Gasteiger partial charge in [-0.1, -0.05) is 6.92 Å². The van der Waals surface area contributed by atoms with Gasteiger partial charge in [-0.15, -0.1) is 0 Å². The molecule has 0 aromatic rings. The van der Waals surface area contributed by atoms with E-state index in [4.69, 9.17) is 4.74 Å². The number of piperidine rings is 1. The van der Waals surface area contributed by atoms with Crippen molar-refractivity contribution in [3.63, 3.8) is 0 Å². The Balaban J connectivity index is 1.78. The second-order valence-electron chi connectivity index (χ2n) is 5.47. The van der Waals surface area contributed by atoms with Crippen molar-refractivity contribution in [3.8, 4) is 0 Å². The van der Waals surface area contributed by atoms with Crippen LogP contribution in [0, 0.1) is 5.92 Å². The fourth-order valence-corrected chi connectivity index (χ4v) is 2.97. The van der Waals surface area contributed by atoms with Gasteiger partial charge in [0.2, 0.25) is 0 Å². The van der Waals surface area contributed by atoms with Crippen LogP contribution in [0.5, 0.6) is 0 Å². The van der Waals surface area contributed by atoms with E-state index in [1.54, 1.807) is 0 Å². The molecule has 16 heavy (non-hydrogen) atoms. The van der Waals surface area contributed by atoms with Crippen LogP contribution < -0.4 is 5.32 Å². The summed E-state index contributed by atoms with van der Waals surface area (Å²) in [4.78, 5) is 2.51. The Morgan fingerprint density at radius 3 is 2.88 bits per heavy atom. The molecule has 2 heterocycles. The first-order chi connectivity index (χ1) is 7.77. The predicted molar refractivity (Wildman–Crippen MR) is 66.7 cm³/mol. The van der Waals surface area contributed by atoms with Crippen molar-refractivity contribution in [2.75, 3.05) is 33.3 Å². The number of nitrogens with one attached hydrogen (secondary N) is 1. The van der Waals surface area contributed by atoms with Crippen molar-refractivity contribution in [1.82, 2.24) is 10.2 Å². The maximum absolute atomic E-state index is 5.81. The molecule has 0 amide bonds. The third kappa shape index (κ3) is 3.19. The van der Waals surface area contributed by atoms with E-state index in [1.807, 2.05) is 0 Å². The van der Waals surface area contributed by atoms with Crippen molar-refractivity contribution in [1.29, 1.82) is 0 Å². The molecular weight excluding hydrogens is 200 g/mol. The Labute approximate surface area is 99.5 Å². The summed E-state index contributed by atoms with van der Waals surface area (Å²) in [5.41, 5.74) is 0. The maximum atomic E-state index is 5.81. The maximum Gasteiger partial charge on any atom is 0.0702 e. The van der Waals surface area contributed by atoms with Gasteiger partial charge in [-0.05, 0) is 45.2 Å². The van der Waals surface area contributed by atoms with Crippen LogP contribution in [0.15, 0.2) is 0 Å². The Morgan fingerprint density at radius 1 is 1.31 bits per heavy atom. The molecule has 3 atom stereocenters. The molecule has 2 aliphatic rings. The lowest BCUT2D eigenvalue weighted by atomic mass is 9.93. The molecule has 0 aromatic heterocycles. The second kappa shape index (κ2) is 5.99. The van der Waals surface area contributed by atoms with E-state index in [1.165, 1.54) is 32.2 Å². The first kappa shape index (κ1) is 12.3. The van der Waals surface area contributed by atoms with Crippen molar-refractivity contribution < 1.29 is 4.74 Å². The topological polar surface area (TPSA) is 24.5 Å². The van der Waals surface area contributed by atoms with Crippen LogP contribution in [0.2, 0.25) is 0 Å². The summed E-state index contributed by atoms with van der Waals surface area (Å²) in [5, 5.41) is 3.50. The molecule has 2 fully saturated rings. The molecule has 0 bridgehead atoms. The van der Waals surface area contributed by atoms with Gasteiger partial charge in [0, 0.05) is 25.7 Å². The number of ether oxygens (including phenoxy) is 1. The quantitative estimate of drug-likeness (QED) is 0.789. The molecule has 3 heteroatoms. The van der Waals surface area contributed by atoms with Gasteiger partial charge >= 0.3 is 0 Å². The molecule has 0 saturated carbocycles. The standard InChI is InChI=1S/C13H26N2O/c1-11-6-7-14-9-13(11)15(2)10-12-5-3-4-8-16-12/h11-14H,3-10H2,1-2H3. The normalized spacial score (nSPS) is 36.6. The Hall–Kier alpha value is -0.120. The van der Waals surface area contributed by atoms with Gasteiger partial charge in [-0.3, -0.25) is 4.90 Å². The summed E-state index contributed by atoms with van der Waals surface area (Å²) in [6.45, 7) is 6.78. The summed E-state index contributed by atoms with van der Waals surface area (Å²) < 4.78 is 5.81. The van der Waals surface area contributed by atoms with Crippen LogP contribution >= 0.6 is 0 Å². The van der Waals surface area contributed by atoms with E-state index in [2.05, 4.69) is 24.2 Å². The number of rotatable bonds is 3.